The molecule has 0 saturated carbocycles. The number of hydrogen-bond donors (Lipinski definition) is 1. The molecule has 2 rings (SSSR count). The van der Waals surface area contributed by atoms with Crippen molar-refractivity contribution in [2.45, 2.75) is 46.2 Å². The fraction of sp³-hybridized carbons (Fsp3) is 0.647. The molecule has 0 amide bonds. The molecule has 3 nitrogen and oxygen atoms in total. The summed E-state index contributed by atoms with van der Waals surface area (Å²) in [4.78, 5) is 5.03. The van der Waals surface area contributed by atoms with Gasteiger partial charge in [0.25, 0.3) is 0 Å². The van der Waals surface area contributed by atoms with Crippen molar-refractivity contribution >= 4 is 11.4 Å². The molecule has 1 aromatic carbocycles. The number of piperazine rings is 1. The highest BCUT2D eigenvalue weighted by Crippen LogP contribution is 2.21. The van der Waals surface area contributed by atoms with E-state index in [0.717, 1.165) is 13.1 Å². The van der Waals surface area contributed by atoms with Gasteiger partial charge in [-0.2, -0.15) is 0 Å². The average Bonchev–Trinajstić information content (AvgIpc) is 2.38. The van der Waals surface area contributed by atoms with E-state index in [2.05, 4.69) is 74.0 Å². The lowest BCUT2D eigenvalue weighted by Gasteiger charge is -2.38. The summed E-state index contributed by atoms with van der Waals surface area (Å²) >= 11 is 0. The molecule has 3 heteroatoms. The first-order valence-electron chi connectivity index (χ1n) is 7.72. The van der Waals surface area contributed by atoms with E-state index in [0.29, 0.717) is 6.04 Å². The van der Waals surface area contributed by atoms with E-state index in [1.807, 2.05) is 0 Å². The molecule has 1 saturated heterocycles. The molecule has 20 heavy (non-hydrogen) atoms. The van der Waals surface area contributed by atoms with Gasteiger partial charge in [-0.15, -0.1) is 0 Å². The number of hydrogen-bond acceptors (Lipinski definition) is 3. The van der Waals surface area contributed by atoms with E-state index in [-0.39, 0.29) is 5.54 Å². The van der Waals surface area contributed by atoms with Gasteiger partial charge in [0.1, 0.15) is 0 Å². The minimum Gasteiger partial charge on any atom is -0.380 e. The molecule has 0 aromatic heterocycles. The van der Waals surface area contributed by atoms with Crippen LogP contribution in [0, 0.1) is 0 Å². The number of nitrogens with zero attached hydrogens (tertiary/aromatic N) is 2. The first-order valence-corrected chi connectivity index (χ1v) is 7.72. The lowest BCUT2D eigenvalue weighted by molar-refractivity contribution is 0.209. The summed E-state index contributed by atoms with van der Waals surface area (Å²) in [5.41, 5.74) is 2.65. The molecular weight excluding hydrogens is 246 g/mol. The second-order valence-corrected chi connectivity index (χ2v) is 7.04. The number of benzene rings is 1. The van der Waals surface area contributed by atoms with Crippen LogP contribution in [0.3, 0.4) is 0 Å². The van der Waals surface area contributed by atoms with Gasteiger partial charge in [0, 0.05) is 49.1 Å². The highest BCUT2D eigenvalue weighted by atomic mass is 15.3. The van der Waals surface area contributed by atoms with Gasteiger partial charge in [0.15, 0.2) is 0 Å². The summed E-state index contributed by atoms with van der Waals surface area (Å²) in [6.07, 6.45) is 0. The third-order valence-electron chi connectivity index (χ3n) is 3.80. The lowest BCUT2D eigenvalue weighted by atomic mass is 10.1. The summed E-state index contributed by atoms with van der Waals surface area (Å²) < 4.78 is 0. The van der Waals surface area contributed by atoms with Crippen LogP contribution in [0.1, 0.15) is 34.6 Å². The van der Waals surface area contributed by atoms with Crippen molar-refractivity contribution in [2.24, 2.45) is 0 Å². The molecule has 0 bridgehead atoms. The predicted octanol–water partition coefficient (Wildman–Crippen LogP) is 3.43. The Bertz CT molecular complexity index is 409. The van der Waals surface area contributed by atoms with Crippen molar-refractivity contribution in [3.63, 3.8) is 0 Å². The number of rotatable bonds is 3. The lowest BCUT2D eigenvalue weighted by Crippen LogP contribution is -2.48. The van der Waals surface area contributed by atoms with E-state index >= 15 is 0 Å². The van der Waals surface area contributed by atoms with Crippen molar-refractivity contribution in [3.8, 4) is 0 Å². The van der Waals surface area contributed by atoms with Gasteiger partial charge >= 0.3 is 0 Å². The average molecular weight is 275 g/mol. The summed E-state index contributed by atoms with van der Waals surface area (Å²) in [7, 11) is 0. The monoisotopic (exact) mass is 275 g/mol. The highest BCUT2D eigenvalue weighted by molar-refractivity contribution is 5.56. The minimum absolute atomic E-state index is 0.115. The molecular formula is C17H29N3. The zero-order valence-corrected chi connectivity index (χ0v) is 13.6. The second kappa shape index (κ2) is 6.04. The Labute approximate surface area is 124 Å². The van der Waals surface area contributed by atoms with Crippen LogP contribution in [0.5, 0.6) is 0 Å². The van der Waals surface area contributed by atoms with Gasteiger partial charge in [-0.3, -0.25) is 4.90 Å². The van der Waals surface area contributed by atoms with Crippen LogP contribution in [0.25, 0.3) is 0 Å². The van der Waals surface area contributed by atoms with Crippen LogP contribution in [0.2, 0.25) is 0 Å². The summed E-state index contributed by atoms with van der Waals surface area (Å²) in [5, 5.41) is 3.51. The molecule has 1 aromatic rings. The van der Waals surface area contributed by atoms with E-state index in [1.54, 1.807) is 0 Å². The quantitative estimate of drug-likeness (QED) is 0.912. The van der Waals surface area contributed by atoms with Gasteiger partial charge in [0.2, 0.25) is 0 Å². The van der Waals surface area contributed by atoms with Gasteiger partial charge in [0.05, 0.1) is 0 Å². The minimum atomic E-state index is 0.115. The fourth-order valence-corrected chi connectivity index (χ4v) is 2.69. The second-order valence-electron chi connectivity index (χ2n) is 7.04. The van der Waals surface area contributed by atoms with Crippen LogP contribution in [-0.4, -0.2) is 42.7 Å². The normalized spacial score (nSPS) is 17.6. The smallest absolute Gasteiger partial charge is 0.0368 e. The first kappa shape index (κ1) is 15.2. The highest BCUT2D eigenvalue weighted by Gasteiger charge is 2.19. The zero-order valence-electron chi connectivity index (χ0n) is 13.6. The Hall–Kier alpha value is -1.22. The number of anilines is 2. The molecule has 0 atom stereocenters. The molecule has 0 aliphatic carbocycles. The maximum Gasteiger partial charge on any atom is 0.0368 e. The molecule has 0 spiro atoms. The zero-order chi connectivity index (χ0) is 14.8. The van der Waals surface area contributed by atoms with Crippen molar-refractivity contribution in [1.82, 2.24) is 4.90 Å². The van der Waals surface area contributed by atoms with Gasteiger partial charge < -0.3 is 10.2 Å². The molecule has 0 radical (unpaired) electrons. The maximum absolute atomic E-state index is 3.51. The van der Waals surface area contributed by atoms with Crippen LogP contribution in [-0.2, 0) is 0 Å². The van der Waals surface area contributed by atoms with Crippen LogP contribution < -0.4 is 10.2 Å². The van der Waals surface area contributed by atoms with Gasteiger partial charge in [-0.25, -0.2) is 0 Å². The standard InChI is InChI=1S/C17H29N3/c1-14(2)19-10-12-20(13-11-19)16-8-6-15(7-9-16)18-17(3,4)5/h6-9,14,18H,10-13H2,1-5H3. The van der Waals surface area contributed by atoms with E-state index < -0.39 is 0 Å². The first-order chi connectivity index (χ1) is 9.35. The molecule has 1 N–H and O–H groups in total. The summed E-state index contributed by atoms with van der Waals surface area (Å²) in [5.74, 6) is 0. The van der Waals surface area contributed by atoms with Crippen molar-refractivity contribution < 1.29 is 0 Å². The Morgan fingerprint density at radius 3 is 1.95 bits per heavy atom. The van der Waals surface area contributed by atoms with Crippen LogP contribution in [0.15, 0.2) is 24.3 Å². The van der Waals surface area contributed by atoms with E-state index in [9.17, 15) is 0 Å². The molecule has 0 unspecified atom stereocenters. The topological polar surface area (TPSA) is 18.5 Å². The van der Waals surface area contributed by atoms with Crippen LogP contribution in [0.4, 0.5) is 11.4 Å². The van der Waals surface area contributed by atoms with Gasteiger partial charge in [-0.05, 0) is 58.9 Å². The van der Waals surface area contributed by atoms with E-state index in [4.69, 9.17) is 0 Å². The van der Waals surface area contributed by atoms with Crippen molar-refractivity contribution in [1.29, 1.82) is 0 Å². The largest absolute Gasteiger partial charge is 0.380 e. The Morgan fingerprint density at radius 2 is 1.50 bits per heavy atom. The maximum atomic E-state index is 3.51. The summed E-state index contributed by atoms with van der Waals surface area (Å²) in [6.45, 7) is 15.7. The predicted molar refractivity (Wildman–Crippen MR) is 88.7 cm³/mol. The third kappa shape index (κ3) is 4.14. The van der Waals surface area contributed by atoms with Crippen LogP contribution >= 0.6 is 0 Å². The van der Waals surface area contributed by atoms with Gasteiger partial charge in [-0.1, -0.05) is 0 Å². The fourth-order valence-electron chi connectivity index (χ4n) is 2.69. The SMILES string of the molecule is CC(C)N1CCN(c2ccc(NC(C)(C)C)cc2)CC1. The molecule has 1 fully saturated rings. The summed E-state index contributed by atoms with van der Waals surface area (Å²) in [6, 6.07) is 9.51. The molecule has 112 valence electrons. The third-order valence-corrected chi connectivity index (χ3v) is 3.80. The Balaban J connectivity index is 1.94. The Kier molecular flexibility index (Phi) is 4.59. The van der Waals surface area contributed by atoms with Crippen molar-refractivity contribution in [2.75, 3.05) is 36.4 Å². The molecule has 1 aliphatic heterocycles. The molecule has 1 aliphatic rings. The van der Waals surface area contributed by atoms with Crippen molar-refractivity contribution in [3.05, 3.63) is 24.3 Å². The Morgan fingerprint density at radius 1 is 0.950 bits per heavy atom. The number of nitrogens with one attached hydrogen (secondary N) is 1. The van der Waals surface area contributed by atoms with E-state index in [1.165, 1.54) is 24.5 Å². The molecule has 1 heterocycles.